The van der Waals surface area contributed by atoms with Crippen LogP contribution in [0.1, 0.15) is 24.8 Å². The molecule has 1 aliphatic heterocycles. The van der Waals surface area contributed by atoms with Gasteiger partial charge in [0, 0.05) is 12.6 Å². The average molecular weight is 419 g/mol. The molecule has 156 valence electrons. The molecule has 29 heavy (non-hydrogen) atoms. The summed E-state index contributed by atoms with van der Waals surface area (Å²) in [5.41, 5.74) is 0.187. The van der Waals surface area contributed by atoms with Crippen LogP contribution in [0.5, 0.6) is 0 Å². The molecule has 2 aromatic carbocycles. The molecule has 1 fully saturated rings. The molecule has 0 unspecified atom stereocenters. The van der Waals surface area contributed by atoms with Gasteiger partial charge in [0.1, 0.15) is 11.9 Å². The highest BCUT2D eigenvalue weighted by molar-refractivity contribution is 7.89. The third-order valence-corrected chi connectivity index (χ3v) is 5.62. The zero-order valence-electron chi connectivity index (χ0n) is 16.8. The summed E-state index contributed by atoms with van der Waals surface area (Å²) < 4.78 is 37.3. The van der Waals surface area contributed by atoms with Crippen molar-refractivity contribution in [3.8, 4) is 6.07 Å². The van der Waals surface area contributed by atoms with E-state index in [9.17, 15) is 18.1 Å². The van der Waals surface area contributed by atoms with E-state index in [0.717, 1.165) is 37.9 Å². The van der Waals surface area contributed by atoms with Crippen LogP contribution in [0.15, 0.2) is 53.4 Å². The minimum absolute atomic E-state index is 0.00535. The second-order valence-electron chi connectivity index (χ2n) is 7.19. The predicted molar refractivity (Wildman–Crippen MR) is 112 cm³/mol. The molecule has 2 N–H and O–H groups in total. The molecule has 3 rings (SSSR count). The first-order valence-electron chi connectivity index (χ1n) is 9.42. The summed E-state index contributed by atoms with van der Waals surface area (Å²) in [4.78, 5) is 3.56. The van der Waals surface area contributed by atoms with Gasteiger partial charge in [0.25, 0.3) is 0 Å². The van der Waals surface area contributed by atoms with Gasteiger partial charge in [-0.3, -0.25) is 0 Å². The van der Waals surface area contributed by atoms with E-state index in [1.165, 1.54) is 0 Å². The molecule has 1 heterocycles. The van der Waals surface area contributed by atoms with Crippen LogP contribution in [0.3, 0.4) is 0 Å². The molecule has 1 aliphatic rings. The largest absolute Gasteiger partial charge is 0.365 e. The van der Waals surface area contributed by atoms with E-state index in [1.54, 1.807) is 0 Å². The Morgan fingerprint density at radius 1 is 1.21 bits per heavy atom. The topological polar surface area (TPSA) is 90.4 Å². The van der Waals surface area contributed by atoms with Crippen molar-refractivity contribution in [2.24, 2.45) is 5.14 Å². The number of nitriles is 1. The molecule has 0 bridgehead atoms. The molecule has 0 aliphatic carbocycles. The lowest BCUT2D eigenvalue weighted by atomic mass is 10.1. The molecule has 0 amide bonds. The highest BCUT2D eigenvalue weighted by Gasteiger charge is 2.29. The lowest BCUT2D eigenvalue weighted by Gasteiger charge is -2.29. The summed E-state index contributed by atoms with van der Waals surface area (Å²) in [7, 11) is -0.102. The zero-order valence-corrected chi connectivity index (χ0v) is 17.6. The summed E-state index contributed by atoms with van der Waals surface area (Å²) in [5, 5.41) is 14.3. The Kier molecular flexibility index (Phi) is 8.14. The quantitative estimate of drug-likeness (QED) is 0.806. The van der Waals surface area contributed by atoms with Crippen molar-refractivity contribution < 1.29 is 12.8 Å². The van der Waals surface area contributed by atoms with Crippen LogP contribution >= 0.6 is 0 Å². The maximum absolute atomic E-state index is 14.5. The van der Waals surface area contributed by atoms with Crippen molar-refractivity contribution in [1.29, 1.82) is 5.26 Å². The number of anilines is 1. The van der Waals surface area contributed by atoms with Crippen molar-refractivity contribution >= 4 is 15.7 Å². The van der Waals surface area contributed by atoms with Crippen LogP contribution in [0.4, 0.5) is 10.1 Å². The number of hydrogen-bond acceptors (Lipinski definition) is 5. The summed E-state index contributed by atoms with van der Waals surface area (Å²) in [6.45, 7) is 1.51. The second kappa shape index (κ2) is 10.3. The number of halogens is 1. The Bertz CT molecular complexity index is 916. The third-order valence-electron chi connectivity index (χ3n) is 4.73. The van der Waals surface area contributed by atoms with Gasteiger partial charge in [0.2, 0.25) is 10.0 Å². The fourth-order valence-electron chi connectivity index (χ4n) is 3.34. The standard InChI is InChI=1S/C15H21FN4O2S.C6H6/c1-19(2)7-5-12-4-3-6-20(12)15-11(10-17)8-13(9-14(15)16)23(18,21)22;1-2-4-6-5-3-1/h8-9,12H,3-7H2,1-2H3,(H2,18,21,22);1-6H/t12-;/m0./s1. The van der Waals surface area contributed by atoms with E-state index >= 15 is 0 Å². The van der Waals surface area contributed by atoms with Crippen molar-refractivity contribution in [1.82, 2.24) is 4.90 Å². The first kappa shape index (κ1) is 22.8. The average Bonchev–Trinajstić information content (AvgIpc) is 3.14. The maximum atomic E-state index is 14.5. The molecule has 0 aromatic heterocycles. The molecular formula is C21H27FN4O2S. The van der Waals surface area contributed by atoms with E-state index in [4.69, 9.17) is 5.14 Å². The molecule has 6 nitrogen and oxygen atoms in total. The minimum Gasteiger partial charge on any atom is -0.365 e. The first-order chi connectivity index (χ1) is 13.7. The second-order valence-corrected chi connectivity index (χ2v) is 8.76. The smallest absolute Gasteiger partial charge is 0.238 e. The van der Waals surface area contributed by atoms with E-state index in [0.29, 0.717) is 6.54 Å². The number of nitrogens with two attached hydrogens (primary N) is 1. The third kappa shape index (κ3) is 6.53. The van der Waals surface area contributed by atoms with Crippen LogP contribution in [0.25, 0.3) is 0 Å². The van der Waals surface area contributed by atoms with Crippen LogP contribution in [0.2, 0.25) is 0 Å². The molecule has 1 atom stereocenters. The van der Waals surface area contributed by atoms with Crippen molar-refractivity contribution in [2.45, 2.75) is 30.2 Å². The van der Waals surface area contributed by atoms with E-state index in [2.05, 4.69) is 4.90 Å². The molecule has 2 aromatic rings. The van der Waals surface area contributed by atoms with Gasteiger partial charge >= 0.3 is 0 Å². The monoisotopic (exact) mass is 418 g/mol. The van der Waals surface area contributed by atoms with Gasteiger partial charge in [0.15, 0.2) is 0 Å². The molecular weight excluding hydrogens is 391 g/mol. The highest BCUT2D eigenvalue weighted by Crippen LogP contribution is 2.33. The van der Waals surface area contributed by atoms with Gasteiger partial charge in [-0.15, -0.1) is 0 Å². The number of sulfonamides is 1. The summed E-state index contributed by atoms with van der Waals surface area (Å²) in [6, 6.07) is 16.1. The van der Waals surface area contributed by atoms with Crippen LogP contribution in [-0.2, 0) is 10.0 Å². The number of nitrogens with zero attached hydrogens (tertiary/aromatic N) is 3. The van der Waals surface area contributed by atoms with E-state index < -0.39 is 15.8 Å². The fraction of sp³-hybridized carbons (Fsp3) is 0.381. The van der Waals surface area contributed by atoms with Crippen molar-refractivity contribution in [3.63, 3.8) is 0 Å². The Labute approximate surface area is 172 Å². The Morgan fingerprint density at radius 3 is 2.28 bits per heavy atom. The van der Waals surface area contributed by atoms with E-state index in [1.807, 2.05) is 61.5 Å². The molecule has 0 radical (unpaired) electrons. The minimum atomic E-state index is -4.05. The normalized spacial score (nSPS) is 16.3. The Balaban J connectivity index is 0.000000426. The van der Waals surface area contributed by atoms with Gasteiger partial charge in [-0.25, -0.2) is 17.9 Å². The van der Waals surface area contributed by atoms with Crippen LogP contribution < -0.4 is 10.0 Å². The van der Waals surface area contributed by atoms with Gasteiger partial charge in [-0.1, -0.05) is 36.4 Å². The molecule has 8 heteroatoms. The Hall–Kier alpha value is -2.47. The summed E-state index contributed by atoms with van der Waals surface area (Å²) >= 11 is 0. The Morgan fingerprint density at radius 2 is 1.79 bits per heavy atom. The highest BCUT2D eigenvalue weighted by atomic mass is 32.2. The number of benzene rings is 2. The molecule has 0 saturated carbocycles. The predicted octanol–water partition coefficient (Wildman–Crippen LogP) is 2.95. The van der Waals surface area contributed by atoms with Gasteiger partial charge in [0.05, 0.1) is 16.1 Å². The van der Waals surface area contributed by atoms with Gasteiger partial charge < -0.3 is 9.80 Å². The number of hydrogen-bond donors (Lipinski definition) is 1. The van der Waals surface area contributed by atoms with Crippen LogP contribution in [-0.4, -0.2) is 46.5 Å². The molecule has 0 spiro atoms. The SMILES string of the molecule is CN(C)CC[C@@H]1CCCN1c1c(F)cc(S(N)(=O)=O)cc1C#N.c1ccccc1. The maximum Gasteiger partial charge on any atom is 0.238 e. The van der Waals surface area contributed by atoms with Crippen LogP contribution in [0, 0.1) is 17.1 Å². The first-order valence-corrected chi connectivity index (χ1v) is 11.0. The van der Waals surface area contributed by atoms with E-state index in [-0.39, 0.29) is 22.2 Å². The number of rotatable bonds is 5. The van der Waals surface area contributed by atoms with Gasteiger partial charge in [-0.05, 0) is 52.0 Å². The van der Waals surface area contributed by atoms with Gasteiger partial charge in [-0.2, -0.15) is 5.26 Å². The number of primary sulfonamides is 1. The molecule has 1 saturated heterocycles. The summed E-state index contributed by atoms with van der Waals surface area (Å²) in [5.74, 6) is -0.718. The zero-order chi connectivity index (χ0) is 21.4. The van der Waals surface area contributed by atoms with Crippen molar-refractivity contribution in [3.05, 3.63) is 59.9 Å². The lowest BCUT2D eigenvalue weighted by Crippen LogP contribution is -2.33. The fourth-order valence-corrected chi connectivity index (χ4v) is 3.89. The summed E-state index contributed by atoms with van der Waals surface area (Å²) in [6.07, 6.45) is 2.70. The van der Waals surface area contributed by atoms with Crippen molar-refractivity contribution in [2.75, 3.05) is 32.1 Å². The lowest BCUT2D eigenvalue weighted by molar-refractivity contribution is 0.379.